The first-order chi connectivity index (χ1) is 17.9. The van der Waals surface area contributed by atoms with Crippen molar-refractivity contribution in [2.75, 3.05) is 53.9 Å². The Morgan fingerprint density at radius 2 is 1.36 bits per heavy atom. The van der Waals surface area contributed by atoms with E-state index in [2.05, 4.69) is 40.9 Å². The number of rotatable bonds is 6. The summed E-state index contributed by atoms with van der Waals surface area (Å²) in [6, 6.07) is 8.30. The largest absolute Gasteiger partial charge is 0.497 e. The van der Waals surface area contributed by atoms with E-state index >= 15 is 0 Å². The van der Waals surface area contributed by atoms with Crippen LogP contribution in [0.2, 0.25) is 0 Å². The highest BCUT2D eigenvalue weighted by Gasteiger charge is 2.47. The molecule has 0 aliphatic carbocycles. The number of benzene rings is 1. The van der Waals surface area contributed by atoms with Gasteiger partial charge in [0.2, 0.25) is 5.91 Å². The lowest BCUT2D eigenvalue weighted by Crippen LogP contribution is -2.45. The number of amides is 1. The van der Waals surface area contributed by atoms with Gasteiger partial charge in [-0.15, -0.1) is 0 Å². The van der Waals surface area contributed by atoms with Crippen LogP contribution in [-0.4, -0.2) is 109 Å². The number of nitrogens with zero attached hydrogens (tertiary/aromatic N) is 3. The van der Waals surface area contributed by atoms with Crippen LogP contribution in [0, 0.1) is 5.41 Å². The van der Waals surface area contributed by atoms with E-state index in [1.165, 1.54) is 5.56 Å². The number of carbonyl (C=O) groups excluding carboxylic acids is 1. The molecule has 2 aliphatic heterocycles. The molecule has 2 N–H and O–H groups in total. The number of likely N-dealkylation sites (tertiary alicyclic amines) is 2. The molecule has 1 spiro atoms. The molecular weight excluding hydrogens is 540 g/mol. The summed E-state index contributed by atoms with van der Waals surface area (Å²) in [5, 5.41) is 14.2. The van der Waals surface area contributed by atoms with E-state index < -0.39 is 24.3 Å². The van der Waals surface area contributed by atoms with Gasteiger partial charge in [-0.05, 0) is 64.1 Å². The van der Waals surface area contributed by atoms with Gasteiger partial charge in [0.25, 0.3) is 0 Å². The fourth-order valence-electron chi connectivity index (χ4n) is 4.02. The van der Waals surface area contributed by atoms with Crippen molar-refractivity contribution in [1.82, 2.24) is 14.7 Å². The quantitative estimate of drug-likeness (QED) is 0.499. The van der Waals surface area contributed by atoms with E-state index in [0.29, 0.717) is 5.91 Å². The second kappa shape index (κ2) is 14.4. The number of halogens is 6. The first-order valence-corrected chi connectivity index (χ1v) is 11.8. The van der Waals surface area contributed by atoms with Crippen molar-refractivity contribution in [1.29, 1.82) is 0 Å². The second-order valence-electron chi connectivity index (χ2n) is 9.36. The molecule has 2 fully saturated rings. The highest BCUT2D eigenvalue weighted by molar-refractivity contribution is 5.85. The molecule has 0 atom stereocenters. The van der Waals surface area contributed by atoms with Crippen LogP contribution >= 0.6 is 0 Å². The number of hydrogen-bond acceptors (Lipinski definition) is 6. The minimum absolute atomic E-state index is 0.0806. The van der Waals surface area contributed by atoms with Crippen LogP contribution in [0.25, 0.3) is 0 Å². The number of carboxylic acid groups (broad SMARTS) is 2. The topological polar surface area (TPSA) is 111 Å². The number of piperidine rings is 1. The van der Waals surface area contributed by atoms with E-state index in [4.69, 9.17) is 24.5 Å². The van der Waals surface area contributed by atoms with Crippen LogP contribution in [-0.2, 0) is 20.9 Å². The molecule has 1 aromatic carbocycles. The SMILES string of the molecule is COc1ccc(CN2CCC3(CC2)CCN(CCN(C)C)C3=O)cc1.O=C(O)C(F)(F)F.O=C(O)C(F)(F)F. The minimum atomic E-state index is -5.08. The van der Waals surface area contributed by atoms with Crippen LogP contribution in [0.5, 0.6) is 5.75 Å². The van der Waals surface area contributed by atoms with Crippen LogP contribution in [0.15, 0.2) is 24.3 Å². The Hall–Kier alpha value is -3.07. The average Bonchev–Trinajstić information content (AvgIpc) is 3.14. The predicted molar refractivity (Wildman–Crippen MR) is 127 cm³/mol. The average molecular weight is 574 g/mol. The number of likely N-dealkylation sites (N-methyl/N-ethyl adjacent to an activating group) is 1. The molecule has 2 aliphatic rings. The molecule has 39 heavy (non-hydrogen) atoms. The summed E-state index contributed by atoms with van der Waals surface area (Å²) in [6.45, 7) is 5.73. The first-order valence-electron chi connectivity index (χ1n) is 11.8. The van der Waals surface area contributed by atoms with Crippen LogP contribution in [0.3, 0.4) is 0 Å². The molecule has 0 aromatic heterocycles. The van der Waals surface area contributed by atoms with Gasteiger partial charge in [-0.3, -0.25) is 9.69 Å². The molecule has 3 rings (SSSR count). The molecule has 2 saturated heterocycles. The van der Waals surface area contributed by atoms with Gasteiger partial charge in [0.15, 0.2) is 0 Å². The van der Waals surface area contributed by atoms with Crippen LogP contribution in [0.1, 0.15) is 24.8 Å². The number of methoxy groups -OCH3 is 1. The summed E-state index contributed by atoms with van der Waals surface area (Å²) in [4.78, 5) is 37.4. The third kappa shape index (κ3) is 11.3. The zero-order valence-corrected chi connectivity index (χ0v) is 21.8. The Labute approximate surface area is 221 Å². The smallest absolute Gasteiger partial charge is 0.490 e. The Balaban J connectivity index is 0.000000449. The third-order valence-electron chi connectivity index (χ3n) is 6.28. The molecular formula is C24H33F6N3O6. The minimum Gasteiger partial charge on any atom is -0.497 e. The number of ether oxygens (including phenoxy) is 1. The lowest BCUT2D eigenvalue weighted by atomic mass is 9.77. The van der Waals surface area contributed by atoms with Crippen molar-refractivity contribution < 1.29 is 55.7 Å². The van der Waals surface area contributed by atoms with Crippen LogP contribution < -0.4 is 4.74 Å². The van der Waals surface area contributed by atoms with Gasteiger partial charge in [0.1, 0.15) is 5.75 Å². The number of hydrogen-bond donors (Lipinski definition) is 2. The van der Waals surface area contributed by atoms with Gasteiger partial charge in [0.05, 0.1) is 12.5 Å². The molecule has 0 radical (unpaired) electrons. The van der Waals surface area contributed by atoms with E-state index in [1.54, 1.807) is 7.11 Å². The molecule has 0 bridgehead atoms. The molecule has 0 saturated carbocycles. The maximum atomic E-state index is 12.9. The summed E-state index contributed by atoms with van der Waals surface area (Å²) in [6.07, 6.45) is -7.13. The molecule has 0 unspecified atom stereocenters. The molecule has 2 heterocycles. The number of aliphatic carboxylic acids is 2. The normalized spacial score (nSPS) is 17.3. The second-order valence-corrected chi connectivity index (χ2v) is 9.36. The summed E-state index contributed by atoms with van der Waals surface area (Å²) >= 11 is 0. The maximum absolute atomic E-state index is 12.9. The Morgan fingerprint density at radius 1 is 0.923 bits per heavy atom. The van der Waals surface area contributed by atoms with Gasteiger partial charge in [-0.2, -0.15) is 26.3 Å². The number of carbonyl (C=O) groups is 3. The van der Waals surface area contributed by atoms with Gasteiger partial charge in [-0.25, -0.2) is 9.59 Å². The van der Waals surface area contributed by atoms with Gasteiger partial charge in [-0.1, -0.05) is 12.1 Å². The van der Waals surface area contributed by atoms with Crippen molar-refractivity contribution in [3.8, 4) is 5.75 Å². The van der Waals surface area contributed by atoms with E-state index in [-0.39, 0.29) is 5.41 Å². The summed E-state index contributed by atoms with van der Waals surface area (Å²) in [5.41, 5.74) is 1.23. The Morgan fingerprint density at radius 3 is 1.74 bits per heavy atom. The van der Waals surface area contributed by atoms with Crippen molar-refractivity contribution >= 4 is 17.8 Å². The summed E-state index contributed by atoms with van der Waals surface area (Å²) in [7, 11) is 5.82. The molecule has 1 aromatic rings. The summed E-state index contributed by atoms with van der Waals surface area (Å²) < 4.78 is 68.7. The molecule has 9 nitrogen and oxygen atoms in total. The lowest BCUT2D eigenvalue weighted by Gasteiger charge is -2.38. The van der Waals surface area contributed by atoms with Crippen molar-refractivity contribution in [2.24, 2.45) is 5.41 Å². The standard InChI is InChI=1S/C20H31N3O2.2C2HF3O2/c1-21(2)14-15-23-13-10-20(19(23)24)8-11-22(12-9-20)16-17-4-6-18(25-3)7-5-17;2*3-2(4,5)1(6)7/h4-7H,8-16H2,1-3H3;2*(H,6,7). The highest BCUT2D eigenvalue weighted by Crippen LogP contribution is 2.41. The van der Waals surface area contributed by atoms with Gasteiger partial charge in [0, 0.05) is 26.2 Å². The zero-order valence-electron chi connectivity index (χ0n) is 21.8. The lowest BCUT2D eigenvalue weighted by molar-refractivity contribution is -0.193. The van der Waals surface area contributed by atoms with Crippen LogP contribution in [0.4, 0.5) is 26.3 Å². The third-order valence-corrected chi connectivity index (χ3v) is 6.28. The summed E-state index contributed by atoms with van der Waals surface area (Å²) in [5.74, 6) is -4.21. The van der Waals surface area contributed by atoms with Crippen molar-refractivity contribution in [3.63, 3.8) is 0 Å². The fourth-order valence-corrected chi connectivity index (χ4v) is 4.02. The van der Waals surface area contributed by atoms with Crippen molar-refractivity contribution in [3.05, 3.63) is 29.8 Å². The maximum Gasteiger partial charge on any atom is 0.490 e. The molecule has 15 heteroatoms. The van der Waals surface area contributed by atoms with Crippen molar-refractivity contribution in [2.45, 2.75) is 38.2 Å². The molecule has 222 valence electrons. The molecule has 1 amide bonds. The van der Waals surface area contributed by atoms with Gasteiger partial charge >= 0.3 is 24.3 Å². The Bertz CT molecular complexity index is 921. The predicted octanol–water partition coefficient (Wildman–Crippen LogP) is 3.34. The van der Waals surface area contributed by atoms with E-state index in [1.807, 2.05) is 12.1 Å². The highest BCUT2D eigenvalue weighted by atomic mass is 19.4. The Kier molecular flexibility index (Phi) is 12.5. The fraction of sp³-hybridized carbons (Fsp3) is 0.625. The monoisotopic (exact) mass is 573 g/mol. The first kappa shape index (κ1) is 34.0. The number of alkyl halides is 6. The number of carboxylic acids is 2. The van der Waals surface area contributed by atoms with E-state index in [0.717, 1.165) is 64.3 Å². The van der Waals surface area contributed by atoms with Gasteiger partial charge < -0.3 is 24.7 Å². The van der Waals surface area contributed by atoms with E-state index in [9.17, 15) is 31.1 Å². The zero-order chi connectivity index (χ0) is 30.0.